The number of nitrogens with two attached hydrogens (primary N) is 1. The van der Waals surface area contributed by atoms with Gasteiger partial charge in [0.1, 0.15) is 0 Å². The Balaban J connectivity index is 0.00000144. The van der Waals surface area contributed by atoms with Crippen LogP contribution in [0.15, 0.2) is 0 Å². The molecule has 1 heterocycles. The van der Waals surface area contributed by atoms with Gasteiger partial charge in [-0.1, -0.05) is 25.7 Å². The lowest BCUT2D eigenvalue weighted by Gasteiger charge is -2.31. The number of nitrogens with zero attached hydrogens (tertiary/aromatic N) is 1. The zero-order valence-electron chi connectivity index (χ0n) is 10.6. The summed E-state index contributed by atoms with van der Waals surface area (Å²) in [6, 6.07) is 0.212. The summed E-state index contributed by atoms with van der Waals surface area (Å²) >= 11 is 0. The van der Waals surface area contributed by atoms with Crippen LogP contribution in [0.25, 0.3) is 0 Å². The van der Waals surface area contributed by atoms with E-state index in [0.717, 1.165) is 44.7 Å². The molecule has 1 unspecified atom stereocenters. The molecule has 17 heavy (non-hydrogen) atoms. The molecule has 0 spiro atoms. The van der Waals surface area contributed by atoms with E-state index < -0.39 is 0 Å². The first kappa shape index (κ1) is 14.8. The smallest absolute Gasteiger partial charge is 0.222 e. The lowest BCUT2D eigenvalue weighted by Crippen LogP contribution is -2.45. The molecule has 100 valence electrons. The summed E-state index contributed by atoms with van der Waals surface area (Å²) in [7, 11) is 0. The number of carbonyl (C=O) groups excluding carboxylic acids is 1. The summed E-state index contributed by atoms with van der Waals surface area (Å²) in [5.41, 5.74) is 5.89. The van der Waals surface area contributed by atoms with Gasteiger partial charge in [0, 0.05) is 25.6 Å². The molecule has 2 fully saturated rings. The minimum atomic E-state index is 0. The van der Waals surface area contributed by atoms with Crippen LogP contribution in [0.1, 0.15) is 51.4 Å². The fourth-order valence-corrected chi connectivity index (χ4v) is 3.02. The number of hydrogen-bond acceptors (Lipinski definition) is 2. The van der Waals surface area contributed by atoms with Crippen molar-refractivity contribution in [2.45, 2.75) is 57.4 Å². The number of piperidine rings is 1. The van der Waals surface area contributed by atoms with Gasteiger partial charge in [-0.05, 0) is 25.2 Å². The minimum Gasteiger partial charge on any atom is -0.341 e. The Morgan fingerprint density at radius 3 is 2.53 bits per heavy atom. The predicted octanol–water partition coefficient (Wildman–Crippen LogP) is 2.33. The van der Waals surface area contributed by atoms with E-state index in [2.05, 4.69) is 0 Å². The summed E-state index contributed by atoms with van der Waals surface area (Å²) in [4.78, 5) is 13.9. The number of hydrogen-bond donors (Lipinski definition) is 1. The van der Waals surface area contributed by atoms with E-state index in [9.17, 15) is 4.79 Å². The third-order valence-corrected chi connectivity index (χ3v) is 4.05. The van der Waals surface area contributed by atoms with Gasteiger partial charge in [-0.15, -0.1) is 12.4 Å². The standard InChI is InChI=1S/C13H24N2O.ClH/c14-12-6-3-9-15(10-12)13(16)8-7-11-4-1-2-5-11;/h11-12H,1-10,14H2;1H. The van der Waals surface area contributed by atoms with Gasteiger partial charge in [-0.25, -0.2) is 0 Å². The molecule has 4 heteroatoms. The zero-order chi connectivity index (χ0) is 11.4. The van der Waals surface area contributed by atoms with Crippen LogP contribution in [-0.4, -0.2) is 29.9 Å². The lowest BCUT2D eigenvalue weighted by atomic mass is 10.0. The molecule has 0 aromatic rings. The first-order valence-electron chi connectivity index (χ1n) is 6.79. The maximum absolute atomic E-state index is 12.0. The number of rotatable bonds is 3. The molecule has 1 aliphatic carbocycles. The van der Waals surface area contributed by atoms with Gasteiger partial charge < -0.3 is 10.6 Å². The van der Waals surface area contributed by atoms with E-state index >= 15 is 0 Å². The van der Waals surface area contributed by atoms with Gasteiger partial charge in [-0.3, -0.25) is 4.79 Å². The normalized spacial score (nSPS) is 25.7. The van der Waals surface area contributed by atoms with Crippen molar-refractivity contribution in [3.8, 4) is 0 Å². The summed E-state index contributed by atoms with van der Waals surface area (Å²) < 4.78 is 0. The van der Waals surface area contributed by atoms with Crippen LogP contribution in [0.5, 0.6) is 0 Å². The van der Waals surface area contributed by atoms with Gasteiger partial charge in [-0.2, -0.15) is 0 Å². The largest absolute Gasteiger partial charge is 0.341 e. The monoisotopic (exact) mass is 260 g/mol. The Labute approximate surface area is 111 Å². The van der Waals surface area contributed by atoms with E-state index in [4.69, 9.17) is 5.73 Å². The van der Waals surface area contributed by atoms with Crippen molar-refractivity contribution in [2.75, 3.05) is 13.1 Å². The molecular weight excluding hydrogens is 236 g/mol. The van der Waals surface area contributed by atoms with Gasteiger partial charge in [0.25, 0.3) is 0 Å². The molecule has 0 bridgehead atoms. The van der Waals surface area contributed by atoms with E-state index in [1.807, 2.05) is 4.90 Å². The topological polar surface area (TPSA) is 46.3 Å². The highest BCUT2D eigenvalue weighted by Crippen LogP contribution is 2.28. The molecule has 0 radical (unpaired) electrons. The molecule has 2 rings (SSSR count). The first-order valence-corrected chi connectivity index (χ1v) is 6.79. The summed E-state index contributed by atoms with van der Waals surface area (Å²) in [6.07, 6.45) is 9.42. The maximum Gasteiger partial charge on any atom is 0.222 e. The van der Waals surface area contributed by atoms with Gasteiger partial charge in [0.2, 0.25) is 5.91 Å². The van der Waals surface area contributed by atoms with Crippen LogP contribution in [0.2, 0.25) is 0 Å². The average Bonchev–Trinajstić information content (AvgIpc) is 2.78. The van der Waals surface area contributed by atoms with E-state index in [1.54, 1.807) is 0 Å². The third kappa shape index (κ3) is 4.47. The van der Waals surface area contributed by atoms with Crippen LogP contribution in [-0.2, 0) is 4.79 Å². The highest BCUT2D eigenvalue weighted by atomic mass is 35.5. The number of halogens is 1. The van der Waals surface area contributed by atoms with E-state index in [1.165, 1.54) is 25.7 Å². The van der Waals surface area contributed by atoms with Crippen molar-refractivity contribution >= 4 is 18.3 Å². The number of likely N-dealkylation sites (tertiary alicyclic amines) is 1. The molecule has 3 nitrogen and oxygen atoms in total. The highest BCUT2D eigenvalue weighted by molar-refractivity contribution is 5.85. The van der Waals surface area contributed by atoms with Crippen molar-refractivity contribution in [3.05, 3.63) is 0 Å². The molecule has 2 N–H and O–H groups in total. The quantitative estimate of drug-likeness (QED) is 0.847. The molecule has 1 aliphatic heterocycles. The van der Waals surface area contributed by atoms with Crippen LogP contribution >= 0.6 is 12.4 Å². The fourth-order valence-electron chi connectivity index (χ4n) is 3.02. The first-order chi connectivity index (χ1) is 7.75. The summed E-state index contributed by atoms with van der Waals surface area (Å²) in [5.74, 6) is 1.16. The van der Waals surface area contributed by atoms with Gasteiger partial charge >= 0.3 is 0 Å². The van der Waals surface area contributed by atoms with Crippen molar-refractivity contribution in [2.24, 2.45) is 11.7 Å². The van der Waals surface area contributed by atoms with Crippen LogP contribution in [0.3, 0.4) is 0 Å². The second-order valence-corrected chi connectivity index (χ2v) is 5.43. The Hall–Kier alpha value is -0.280. The Morgan fingerprint density at radius 2 is 1.88 bits per heavy atom. The Bertz CT molecular complexity index is 242. The molecule has 1 atom stereocenters. The Kier molecular flexibility index (Phi) is 6.28. The second kappa shape index (κ2) is 7.22. The molecule has 0 aromatic carbocycles. The van der Waals surface area contributed by atoms with E-state index in [-0.39, 0.29) is 18.4 Å². The van der Waals surface area contributed by atoms with Crippen molar-refractivity contribution in [1.82, 2.24) is 4.90 Å². The van der Waals surface area contributed by atoms with E-state index in [0.29, 0.717) is 5.91 Å². The third-order valence-electron chi connectivity index (χ3n) is 4.05. The maximum atomic E-state index is 12.0. The lowest BCUT2D eigenvalue weighted by molar-refractivity contribution is -0.132. The molecule has 0 aromatic heterocycles. The zero-order valence-corrected chi connectivity index (χ0v) is 11.4. The van der Waals surface area contributed by atoms with Crippen molar-refractivity contribution in [3.63, 3.8) is 0 Å². The summed E-state index contributed by atoms with van der Waals surface area (Å²) in [6.45, 7) is 1.71. The summed E-state index contributed by atoms with van der Waals surface area (Å²) in [5, 5.41) is 0. The SMILES string of the molecule is Cl.NC1CCCN(C(=O)CCC2CCCC2)C1. The molecule has 2 aliphatic rings. The average molecular weight is 261 g/mol. The number of amides is 1. The molecule has 1 saturated carbocycles. The van der Waals surface area contributed by atoms with Crippen molar-refractivity contribution in [1.29, 1.82) is 0 Å². The molecular formula is C13H25ClN2O. The number of carbonyl (C=O) groups is 1. The van der Waals surface area contributed by atoms with Gasteiger partial charge in [0.05, 0.1) is 0 Å². The van der Waals surface area contributed by atoms with Gasteiger partial charge in [0.15, 0.2) is 0 Å². The Morgan fingerprint density at radius 1 is 1.18 bits per heavy atom. The minimum absolute atomic E-state index is 0. The second-order valence-electron chi connectivity index (χ2n) is 5.43. The van der Waals surface area contributed by atoms with Crippen LogP contribution in [0.4, 0.5) is 0 Å². The highest BCUT2D eigenvalue weighted by Gasteiger charge is 2.22. The molecule has 1 amide bonds. The van der Waals surface area contributed by atoms with Crippen molar-refractivity contribution < 1.29 is 4.79 Å². The van der Waals surface area contributed by atoms with Crippen LogP contribution < -0.4 is 5.73 Å². The van der Waals surface area contributed by atoms with Crippen LogP contribution in [0, 0.1) is 5.92 Å². The molecule has 1 saturated heterocycles. The predicted molar refractivity (Wildman–Crippen MR) is 72.2 cm³/mol. The fraction of sp³-hybridized carbons (Fsp3) is 0.923.